The van der Waals surface area contributed by atoms with Crippen LogP contribution in [0.5, 0.6) is 5.75 Å². The summed E-state index contributed by atoms with van der Waals surface area (Å²) in [6.07, 6.45) is 3.77. The van der Waals surface area contributed by atoms with E-state index in [1.807, 2.05) is 98.7 Å². The van der Waals surface area contributed by atoms with Gasteiger partial charge >= 0.3 is 0 Å². The third kappa shape index (κ3) is 11.7. The van der Waals surface area contributed by atoms with Crippen molar-refractivity contribution in [1.82, 2.24) is 9.62 Å². The number of methoxy groups -OCH3 is 1. The maximum Gasteiger partial charge on any atom is 0.262 e. The normalized spacial score (nSPS) is 13.1. The Morgan fingerprint density at radius 2 is 1.10 bits per heavy atom. The Balaban J connectivity index is 0.00000290. The molecule has 5 aromatic carbocycles. The first-order valence-corrected chi connectivity index (χ1v) is 21.4. The van der Waals surface area contributed by atoms with Gasteiger partial charge in [0.05, 0.1) is 28.3 Å². The van der Waals surface area contributed by atoms with Crippen LogP contribution in [-0.4, -0.2) is 96.3 Å². The largest absolute Gasteiger partial charge is 0.495 e. The van der Waals surface area contributed by atoms with Crippen LogP contribution in [0.25, 0.3) is 21.5 Å². The quantitative estimate of drug-likeness (QED) is 0.0945. The number of fused-ring (bicyclic) bond motifs is 2. The molecule has 320 valence electrons. The molecule has 0 unspecified atom stereocenters. The van der Waals surface area contributed by atoms with Gasteiger partial charge in [0.15, 0.2) is 0 Å². The summed E-state index contributed by atoms with van der Waals surface area (Å²) in [7, 11) is 1.92. The van der Waals surface area contributed by atoms with E-state index in [2.05, 4.69) is 19.2 Å². The van der Waals surface area contributed by atoms with Gasteiger partial charge in [-0.1, -0.05) is 61.4 Å². The molecule has 2 N–H and O–H groups in total. The number of halogens is 4. The summed E-state index contributed by atoms with van der Waals surface area (Å²) in [6, 6.07) is 27.7. The molecule has 1 aliphatic heterocycles. The lowest BCUT2D eigenvalue weighted by atomic mass is 10.1. The van der Waals surface area contributed by atoms with Gasteiger partial charge in [-0.25, -0.2) is 21.6 Å². The van der Waals surface area contributed by atoms with Crippen LogP contribution < -0.4 is 28.9 Å². The Labute approximate surface area is 369 Å². The molecule has 0 bridgehead atoms. The average molecular weight is 919 g/mol. The van der Waals surface area contributed by atoms with Crippen LogP contribution in [-0.2, 0) is 20.0 Å². The molecule has 0 aromatic heterocycles. The van der Waals surface area contributed by atoms with E-state index in [9.17, 15) is 16.8 Å². The molecule has 1 heterocycles. The third-order valence-electron chi connectivity index (χ3n) is 10.1. The lowest BCUT2D eigenvalue weighted by Gasteiger charge is -2.36. The number of benzene rings is 5. The van der Waals surface area contributed by atoms with Gasteiger partial charge in [0.25, 0.3) is 10.0 Å². The minimum atomic E-state index is -3.88. The van der Waals surface area contributed by atoms with Crippen LogP contribution in [0.15, 0.2) is 101 Å². The Kier molecular flexibility index (Phi) is 19.5. The number of unbranched alkanes of at least 4 members (excludes halogenated alkanes) is 3. The van der Waals surface area contributed by atoms with Gasteiger partial charge in [-0.05, 0) is 61.9 Å². The van der Waals surface area contributed by atoms with Gasteiger partial charge in [0.2, 0.25) is 10.0 Å². The summed E-state index contributed by atoms with van der Waals surface area (Å²) in [5.41, 5.74) is 3.27. The van der Waals surface area contributed by atoms with Crippen LogP contribution in [0.4, 0.5) is 22.7 Å². The average Bonchev–Trinajstić information content (AvgIpc) is 3.16. The standard InChI is InChI=1S/C41H52N6O5S2.4ClH/c1-44(2)36-18-10-16-34-32(36)14-12-20-40(34)53(48,49)42-24-8-6-7-9-25-46-26-28-47(29-27-46)38-30-31(22-23-39(38)52-5)43-54(50,51)41-21-13-15-33-35(41)17-11-19-37(33)45(3)4;;;;/h10-23,30,42-43H,6-9,24-29H2,1-5H3;4*1H. The molecular weight excluding hydrogens is 862 g/mol. The molecule has 6 rings (SSSR count). The molecule has 11 nitrogen and oxygen atoms in total. The molecule has 1 aliphatic rings. The van der Waals surface area contributed by atoms with E-state index in [4.69, 9.17) is 4.74 Å². The smallest absolute Gasteiger partial charge is 0.262 e. The SMILES string of the molecule is COc1ccc(NS(=O)(=O)c2cccc3c(N(C)C)cccc23)cc1N1CCN(CCCCCCNS(=O)(=O)c2cccc3c(N(C)C)cccc23)CC1.Cl.Cl.Cl.Cl. The zero-order valence-electron chi connectivity index (χ0n) is 33.5. The van der Waals surface area contributed by atoms with E-state index in [-0.39, 0.29) is 54.5 Å². The number of nitrogens with one attached hydrogen (secondary N) is 2. The van der Waals surface area contributed by atoms with E-state index in [1.165, 1.54) is 0 Å². The molecule has 0 amide bonds. The summed E-state index contributed by atoms with van der Waals surface area (Å²) < 4.78 is 65.3. The molecular formula is C41H56Cl4N6O5S2. The summed E-state index contributed by atoms with van der Waals surface area (Å²) in [5, 5.41) is 3.18. The minimum absolute atomic E-state index is 0. The Morgan fingerprint density at radius 3 is 1.64 bits per heavy atom. The maximum atomic E-state index is 13.7. The number of sulfonamides is 2. The van der Waals surface area contributed by atoms with Gasteiger partial charge in [-0.2, -0.15) is 0 Å². The van der Waals surface area contributed by atoms with Gasteiger partial charge < -0.3 is 19.4 Å². The fraction of sp³-hybridized carbons (Fsp3) is 0.366. The van der Waals surface area contributed by atoms with Gasteiger partial charge in [-0.3, -0.25) is 9.62 Å². The highest BCUT2D eigenvalue weighted by molar-refractivity contribution is 7.93. The summed E-state index contributed by atoms with van der Waals surface area (Å²) in [5.74, 6) is 0.696. The molecule has 1 saturated heterocycles. The Morgan fingerprint density at radius 1 is 0.603 bits per heavy atom. The predicted molar refractivity (Wildman–Crippen MR) is 252 cm³/mol. The lowest BCUT2D eigenvalue weighted by molar-refractivity contribution is 0.251. The molecule has 0 atom stereocenters. The maximum absolute atomic E-state index is 13.7. The van der Waals surface area contributed by atoms with E-state index >= 15 is 0 Å². The fourth-order valence-electron chi connectivity index (χ4n) is 7.30. The zero-order valence-corrected chi connectivity index (χ0v) is 38.4. The van der Waals surface area contributed by atoms with E-state index in [0.29, 0.717) is 28.3 Å². The third-order valence-corrected chi connectivity index (χ3v) is 13.1. The number of nitrogens with zero attached hydrogens (tertiary/aromatic N) is 4. The van der Waals surface area contributed by atoms with Gasteiger partial charge in [0.1, 0.15) is 5.75 Å². The molecule has 0 saturated carbocycles. The monoisotopic (exact) mass is 916 g/mol. The van der Waals surface area contributed by atoms with Crippen molar-refractivity contribution in [1.29, 1.82) is 0 Å². The number of hydrogen-bond donors (Lipinski definition) is 2. The first kappa shape index (κ1) is 50.7. The summed E-state index contributed by atoms with van der Waals surface area (Å²) in [4.78, 5) is 9.21. The number of piperazine rings is 1. The van der Waals surface area contributed by atoms with Crippen LogP contribution in [0.1, 0.15) is 25.7 Å². The molecule has 58 heavy (non-hydrogen) atoms. The van der Waals surface area contributed by atoms with Crippen molar-refractivity contribution in [3.8, 4) is 5.75 Å². The number of rotatable bonds is 16. The van der Waals surface area contributed by atoms with E-state index in [0.717, 1.165) is 91.6 Å². The van der Waals surface area contributed by atoms with Gasteiger partial charge in [-0.15, -0.1) is 49.6 Å². The second kappa shape index (κ2) is 22.3. The molecule has 0 aliphatic carbocycles. The topological polar surface area (TPSA) is 115 Å². The van der Waals surface area contributed by atoms with Crippen molar-refractivity contribution < 1.29 is 21.6 Å². The highest BCUT2D eigenvalue weighted by Gasteiger charge is 2.23. The number of ether oxygens (including phenoxy) is 1. The van der Waals surface area contributed by atoms with Crippen LogP contribution in [0.3, 0.4) is 0 Å². The highest BCUT2D eigenvalue weighted by Crippen LogP contribution is 2.35. The molecule has 5 aromatic rings. The van der Waals surface area contributed by atoms with Crippen LogP contribution >= 0.6 is 49.6 Å². The van der Waals surface area contributed by atoms with Crippen molar-refractivity contribution in [2.24, 2.45) is 0 Å². The summed E-state index contributed by atoms with van der Waals surface area (Å²) >= 11 is 0. The van der Waals surface area contributed by atoms with Crippen molar-refractivity contribution in [3.05, 3.63) is 91.0 Å². The molecule has 1 fully saturated rings. The second-order valence-corrected chi connectivity index (χ2v) is 17.6. The second-order valence-electron chi connectivity index (χ2n) is 14.2. The molecule has 0 spiro atoms. The predicted octanol–water partition coefficient (Wildman–Crippen LogP) is 8.28. The first-order chi connectivity index (χ1) is 25.9. The molecule has 0 radical (unpaired) electrons. The van der Waals surface area contributed by atoms with Crippen molar-refractivity contribution in [2.75, 3.05) is 94.0 Å². The van der Waals surface area contributed by atoms with Gasteiger partial charge in [0, 0.05) is 93.8 Å². The Bertz CT molecular complexity index is 2330. The Hall–Kier alpha value is -3.40. The van der Waals surface area contributed by atoms with Crippen molar-refractivity contribution >= 4 is 114 Å². The summed E-state index contributed by atoms with van der Waals surface area (Å²) in [6.45, 7) is 4.71. The highest BCUT2D eigenvalue weighted by atomic mass is 35.5. The van der Waals surface area contributed by atoms with E-state index in [1.54, 1.807) is 37.4 Å². The lowest BCUT2D eigenvalue weighted by Crippen LogP contribution is -2.46. The van der Waals surface area contributed by atoms with Crippen LogP contribution in [0.2, 0.25) is 0 Å². The zero-order chi connectivity index (χ0) is 38.5. The number of anilines is 4. The first-order valence-electron chi connectivity index (χ1n) is 18.5. The number of hydrogen-bond acceptors (Lipinski definition) is 9. The minimum Gasteiger partial charge on any atom is -0.495 e. The van der Waals surface area contributed by atoms with Crippen LogP contribution in [0, 0.1) is 0 Å². The van der Waals surface area contributed by atoms with Crippen molar-refractivity contribution in [3.63, 3.8) is 0 Å². The fourth-order valence-corrected chi connectivity index (χ4v) is 9.87. The van der Waals surface area contributed by atoms with E-state index < -0.39 is 20.0 Å². The molecule has 17 heteroatoms. The van der Waals surface area contributed by atoms with Crippen molar-refractivity contribution in [2.45, 2.75) is 35.5 Å².